The van der Waals surface area contributed by atoms with Crippen LogP contribution in [0, 0.1) is 0 Å². The third-order valence-electron chi connectivity index (χ3n) is 4.90. The van der Waals surface area contributed by atoms with Gasteiger partial charge in [-0.25, -0.2) is 14.6 Å². The summed E-state index contributed by atoms with van der Waals surface area (Å²) in [7, 11) is 1.30. The number of H-pyrrole nitrogens is 1. The van der Waals surface area contributed by atoms with Gasteiger partial charge in [-0.05, 0) is 44.9 Å². The van der Waals surface area contributed by atoms with Gasteiger partial charge >= 0.3 is 12.1 Å². The normalized spacial score (nSPS) is 19.0. The van der Waals surface area contributed by atoms with Gasteiger partial charge in [0.25, 0.3) is 0 Å². The van der Waals surface area contributed by atoms with Crippen LogP contribution in [0.25, 0.3) is 11.3 Å². The lowest BCUT2D eigenvalue weighted by Crippen LogP contribution is -2.33. The number of nitrogens with zero attached hydrogens (tertiary/aromatic N) is 1. The maximum Gasteiger partial charge on any atom is 0.411 e. The number of fused-ring (bicyclic) bond motifs is 4. The highest BCUT2D eigenvalue weighted by Gasteiger charge is 2.24. The average molecular weight is 415 g/mol. The van der Waals surface area contributed by atoms with Crippen molar-refractivity contribution in [2.24, 2.45) is 5.73 Å². The zero-order chi connectivity index (χ0) is 21.7. The van der Waals surface area contributed by atoms with Gasteiger partial charge in [-0.1, -0.05) is 12.8 Å². The molecule has 1 aliphatic heterocycles. The second-order valence-electron chi connectivity index (χ2n) is 7.62. The number of anilines is 2. The first-order chi connectivity index (χ1) is 14.4. The topological polar surface area (TPSA) is 131 Å². The van der Waals surface area contributed by atoms with Crippen LogP contribution in [0.1, 0.15) is 51.4 Å². The van der Waals surface area contributed by atoms with Crippen LogP contribution in [0.3, 0.4) is 0 Å². The Balaban J connectivity index is 2.01. The number of carbonyl (C=O) groups excluding carboxylic acids is 2. The number of carbonyl (C=O) groups is 2. The fraction of sp³-hybridized carbons (Fsp3) is 0.476. The minimum atomic E-state index is -0.577. The Morgan fingerprint density at radius 3 is 2.77 bits per heavy atom. The number of benzene rings is 1. The maximum absolute atomic E-state index is 12.7. The van der Waals surface area contributed by atoms with Crippen LogP contribution >= 0.6 is 0 Å². The molecular formula is C21H29N5O4. The third-order valence-corrected chi connectivity index (χ3v) is 4.90. The smallest absolute Gasteiger partial charge is 0.411 e. The summed E-state index contributed by atoms with van der Waals surface area (Å²) in [4.78, 5) is 32.1. The van der Waals surface area contributed by atoms with Gasteiger partial charge in [0.15, 0.2) is 0 Å². The van der Waals surface area contributed by atoms with E-state index in [1.807, 2.05) is 19.9 Å². The second kappa shape index (κ2) is 9.62. The number of nitrogens with one attached hydrogen (secondary N) is 3. The Labute approximate surface area is 175 Å². The molecule has 1 aromatic carbocycles. The van der Waals surface area contributed by atoms with Gasteiger partial charge in [-0.2, -0.15) is 0 Å². The first kappa shape index (κ1) is 21.6. The molecule has 2 heterocycles. The molecule has 3 rings (SSSR count). The van der Waals surface area contributed by atoms with Crippen molar-refractivity contribution in [1.82, 2.24) is 9.97 Å². The van der Waals surface area contributed by atoms with Crippen LogP contribution in [0.5, 0.6) is 0 Å². The van der Waals surface area contributed by atoms with Crippen LogP contribution < -0.4 is 16.4 Å². The quantitative estimate of drug-likeness (QED) is 0.564. The Morgan fingerprint density at radius 2 is 2.03 bits per heavy atom. The molecule has 1 aliphatic rings. The summed E-state index contributed by atoms with van der Waals surface area (Å²) in [5.41, 5.74) is 8.94. The van der Waals surface area contributed by atoms with Gasteiger partial charge in [-0.15, -0.1) is 0 Å². The number of aromatic nitrogens is 2. The van der Waals surface area contributed by atoms with Crippen LogP contribution in [0.2, 0.25) is 0 Å². The van der Waals surface area contributed by atoms with E-state index in [9.17, 15) is 9.59 Å². The van der Waals surface area contributed by atoms with Gasteiger partial charge in [0.1, 0.15) is 11.9 Å². The van der Waals surface area contributed by atoms with E-state index in [0.29, 0.717) is 23.5 Å². The highest BCUT2D eigenvalue weighted by molar-refractivity contribution is 5.89. The lowest BCUT2D eigenvalue weighted by Gasteiger charge is -2.22. The van der Waals surface area contributed by atoms with Crippen molar-refractivity contribution in [1.29, 1.82) is 0 Å². The first-order valence-corrected chi connectivity index (χ1v) is 10.1. The van der Waals surface area contributed by atoms with Crippen molar-refractivity contribution < 1.29 is 19.1 Å². The number of rotatable bonds is 3. The number of amides is 1. The Bertz CT molecular complexity index is 895. The van der Waals surface area contributed by atoms with Gasteiger partial charge in [0.05, 0.1) is 24.9 Å². The van der Waals surface area contributed by atoms with E-state index in [1.165, 1.54) is 7.11 Å². The molecule has 2 atom stereocenters. The minimum Gasteiger partial charge on any atom is -0.461 e. The van der Waals surface area contributed by atoms with Crippen molar-refractivity contribution >= 4 is 23.4 Å². The summed E-state index contributed by atoms with van der Waals surface area (Å²) in [6.07, 6.45) is 4.05. The molecule has 9 nitrogen and oxygen atoms in total. The standard InChI is InChI=1S/C21H29N5O4/c1-12(2)30-20(27)16-7-5-4-6-15(22)19-23-11-18(26-19)14-9-8-13(10-17(14)25-16)24-21(28)29-3/h8-12,15-16,25H,4-7,22H2,1-3H3,(H,23,26)(H,24,28)/t15-,16+/m0/s1. The van der Waals surface area contributed by atoms with Gasteiger partial charge in [0, 0.05) is 23.1 Å². The van der Waals surface area contributed by atoms with Crippen LogP contribution in [0.15, 0.2) is 24.4 Å². The highest BCUT2D eigenvalue weighted by atomic mass is 16.5. The van der Waals surface area contributed by atoms with Crippen molar-refractivity contribution in [2.75, 3.05) is 17.7 Å². The third kappa shape index (κ3) is 5.29. The monoisotopic (exact) mass is 415 g/mol. The number of imidazole rings is 1. The van der Waals surface area contributed by atoms with E-state index >= 15 is 0 Å². The van der Waals surface area contributed by atoms with Crippen molar-refractivity contribution in [2.45, 2.75) is 57.7 Å². The second-order valence-corrected chi connectivity index (χ2v) is 7.62. The lowest BCUT2D eigenvalue weighted by atomic mass is 10.0. The summed E-state index contributed by atoms with van der Waals surface area (Å²) < 4.78 is 10.1. The highest BCUT2D eigenvalue weighted by Crippen LogP contribution is 2.32. The zero-order valence-electron chi connectivity index (χ0n) is 17.5. The summed E-state index contributed by atoms with van der Waals surface area (Å²) in [6, 6.07) is 4.60. The molecule has 0 spiro atoms. The molecule has 162 valence electrons. The van der Waals surface area contributed by atoms with E-state index in [2.05, 4.69) is 25.3 Å². The SMILES string of the molecule is COC(=O)Nc1ccc2c(c1)N[C@@H](C(=O)OC(C)C)CCCC[C@H](N)c1nc-2c[nH]1. The predicted octanol–water partition coefficient (Wildman–Crippen LogP) is 3.56. The molecular weight excluding hydrogens is 386 g/mol. The number of aromatic amines is 1. The first-order valence-electron chi connectivity index (χ1n) is 10.1. The van der Waals surface area contributed by atoms with Crippen LogP contribution in [-0.2, 0) is 14.3 Å². The summed E-state index contributed by atoms with van der Waals surface area (Å²) in [6.45, 7) is 3.65. The molecule has 2 bridgehead atoms. The number of hydrogen-bond donors (Lipinski definition) is 4. The van der Waals surface area contributed by atoms with Gasteiger partial charge in [0.2, 0.25) is 0 Å². The fourth-order valence-corrected chi connectivity index (χ4v) is 3.40. The van der Waals surface area contributed by atoms with Crippen LogP contribution in [0.4, 0.5) is 16.2 Å². The lowest BCUT2D eigenvalue weighted by molar-refractivity contribution is -0.148. The van der Waals surface area contributed by atoms with Gasteiger partial charge in [-0.3, -0.25) is 5.32 Å². The molecule has 0 saturated carbocycles. The molecule has 0 unspecified atom stereocenters. The van der Waals surface area contributed by atoms with E-state index < -0.39 is 12.1 Å². The van der Waals surface area contributed by atoms with E-state index in [1.54, 1.807) is 18.3 Å². The molecule has 0 radical (unpaired) electrons. The predicted molar refractivity (Wildman–Crippen MR) is 114 cm³/mol. The largest absolute Gasteiger partial charge is 0.461 e. The Morgan fingerprint density at radius 1 is 1.27 bits per heavy atom. The molecule has 0 fully saturated rings. The fourth-order valence-electron chi connectivity index (χ4n) is 3.40. The maximum atomic E-state index is 12.7. The molecule has 30 heavy (non-hydrogen) atoms. The zero-order valence-corrected chi connectivity index (χ0v) is 17.5. The number of nitrogens with two attached hydrogens (primary N) is 1. The van der Waals surface area contributed by atoms with E-state index in [0.717, 1.165) is 30.7 Å². The Kier molecular flexibility index (Phi) is 6.94. The van der Waals surface area contributed by atoms with Crippen LogP contribution in [-0.4, -0.2) is 41.3 Å². The molecule has 0 saturated heterocycles. The minimum absolute atomic E-state index is 0.198. The van der Waals surface area contributed by atoms with E-state index in [-0.39, 0.29) is 18.1 Å². The molecule has 9 heteroatoms. The van der Waals surface area contributed by atoms with Crippen molar-refractivity contribution in [3.63, 3.8) is 0 Å². The summed E-state index contributed by atoms with van der Waals surface area (Å²) in [5.74, 6) is 0.412. The molecule has 5 N–H and O–H groups in total. The van der Waals surface area contributed by atoms with Crippen molar-refractivity contribution in [3.8, 4) is 11.3 Å². The Hall–Kier alpha value is -3.07. The molecule has 0 aliphatic carbocycles. The van der Waals surface area contributed by atoms with Gasteiger partial charge < -0.3 is 25.5 Å². The van der Waals surface area contributed by atoms with E-state index in [4.69, 9.17) is 10.5 Å². The number of methoxy groups -OCH3 is 1. The summed E-state index contributed by atoms with van der Waals surface area (Å²) >= 11 is 0. The molecule has 2 aromatic rings. The molecule has 1 aromatic heterocycles. The summed E-state index contributed by atoms with van der Waals surface area (Å²) in [5, 5.41) is 5.96. The molecule has 1 amide bonds. The number of ether oxygens (including phenoxy) is 2. The number of esters is 1. The number of hydrogen-bond acceptors (Lipinski definition) is 7. The van der Waals surface area contributed by atoms with Crippen molar-refractivity contribution in [3.05, 3.63) is 30.2 Å². The average Bonchev–Trinajstić information content (AvgIpc) is 3.19.